The average Bonchev–Trinajstić information content (AvgIpc) is 3.09. The summed E-state index contributed by atoms with van der Waals surface area (Å²) >= 11 is 0. The maximum atomic E-state index is 11.6. The van der Waals surface area contributed by atoms with Gasteiger partial charge >= 0.3 is 0 Å². The van der Waals surface area contributed by atoms with Gasteiger partial charge in [0.05, 0.1) is 11.5 Å². The molecule has 1 aliphatic heterocycles. The number of nitrogens with zero attached hydrogens (tertiary/aromatic N) is 2. The second-order valence-electron chi connectivity index (χ2n) is 7.78. The molecule has 1 saturated heterocycles. The van der Waals surface area contributed by atoms with E-state index in [-0.39, 0.29) is 41.5 Å². The molecule has 1 aliphatic rings. The second kappa shape index (κ2) is 13.0. The molecule has 3 rings (SSSR count). The molecule has 0 saturated carbocycles. The summed E-state index contributed by atoms with van der Waals surface area (Å²) in [5.74, 6) is 1.13. The lowest BCUT2D eigenvalue weighted by Crippen LogP contribution is -2.44. The highest BCUT2D eigenvalue weighted by molar-refractivity contribution is 14.0. The van der Waals surface area contributed by atoms with Gasteiger partial charge in [0.2, 0.25) is 0 Å². The quantitative estimate of drug-likeness (QED) is 0.215. The predicted molar refractivity (Wildman–Crippen MR) is 139 cm³/mol. The third-order valence-electron chi connectivity index (χ3n) is 5.24. The van der Waals surface area contributed by atoms with E-state index in [9.17, 15) is 8.42 Å². The highest BCUT2D eigenvalue weighted by atomic mass is 127. The van der Waals surface area contributed by atoms with Crippen molar-refractivity contribution < 1.29 is 8.42 Å². The Morgan fingerprint density at radius 1 is 1.03 bits per heavy atom. The Kier molecular flexibility index (Phi) is 10.8. The van der Waals surface area contributed by atoms with Crippen molar-refractivity contribution in [1.29, 1.82) is 0 Å². The van der Waals surface area contributed by atoms with Crippen molar-refractivity contribution in [3.8, 4) is 0 Å². The van der Waals surface area contributed by atoms with Gasteiger partial charge in [-0.3, -0.25) is 9.89 Å². The summed E-state index contributed by atoms with van der Waals surface area (Å²) in [5, 5.41) is 6.56. The molecule has 1 fully saturated rings. The molecule has 0 aromatic heterocycles. The van der Waals surface area contributed by atoms with Crippen molar-refractivity contribution in [3.05, 3.63) is 71.8 Å². The van der Waals surface area contributed by atoms with Crippen LogP contribution in [-0.4, -0.2) is 57.0 Å². The molecule has 1 atom stereocenters. The van der Waals surface area contributed by atoms with Crippen LogP contribution < -0.4 is 10.6 Å². The van der Waals surface area contributed by atoms with Crippen LogP contribution in [0.25, 0.3) is 0 Å². The number of hydrogen-bond acceptors (Lipinski definition) is 4. The van der Waals surface area contributed by atoms with E-state index in [1.807, 2.05) is 12.1 Å². The predicted octanol–water partition coefficient (Wildman–Crippen LogP) is 3.05. The van der Waals surface area contributed by atoms with Crippen molar-refractivity contribution in [1.82, 2.24) is 15.5 Å². The molecule has 170 valence electrons. The number of guanidine groups is 1. The summed E-state index contributed by atoms with van der Waals surface area (Å²) in [6.45, 7) is 3.54. The first kappa shape index (κ1) is 25.6. The van der Waals surface area contributed by atoms with Gasteiger partial charge in [-0.1, -0.05) is 60.7 Å². The molecule has 1 unspecified atom stereocenters. The van der Waals surface area contributed by atoms with Gasteiger partial charge < -0.3 is 10.6 Å². The van der Waals surface area contributed by atoms with Crippen LogP contribution in [0.5, 0.6) is 0 Å². The minimum absolute atomic E-state index is 0. The first-order valence-electron chi connectivity index (χ1n) is 10.5. The number of hydrogen-bond donors (Lipinski definition) is 2. The molecule has 2 aromatic rings. The van der Waals surface area contributed by atoms with E-state index in [2.05, 4.69) is 69.1 Å². The van der Waals surface area contributed by atoms with Crippen molar-refractivity contribution >= 4 is 39.8 Å². The van der Waals surface area contributed by atoms with E-state index < -0.39 is 9.84 Å². The summed E-state index contributed by atoms with van der Waals surface area (Å²) in [5.41, 5.74) is 2.61. The van der Waals surface area contributed by atoms with Gasteiger partial charge in [0.25, 0.3) is 0 Å². The van der Waals surface area contributed by atoms with Crippen LogP contribution in [0.4, 0.5) is 0 Å². The monoisotopic (exact) mass is 556 g/mol. The summed E-state index contributed by atoms with van der Waals surface area (Å²) in [4.78, 5) is 6.69. The minimum atomic E-state index is -2.90. The van der Waals surface area contributed by atoms with Gasteiger partial charge in [-0.15, -0.1) is 24.0 Å². The summed E-state index contributed by atoms with van der Waals surface area (Å²) in [7, 11) is -1.18. The third kappa shape index (κ3) is 9.16. The highest BCUT2D eigenvalue weighted by Gasteiger charge is 2.28. The van der Waals surface area contributed by atoms with Crippen LogP contribution in [0.1, 0.15) is 24.0 Å². The zero-order valence-corrected chi connectivity index (χ0v) is 21.2. The number of halogens is 1. The van der Waals surface area contributed by atoms with E-state index >= 15 is 0 Å². The Morgan fingerprint density at radius 2 is 1.61 bits per heavy atom. The number of benzene rings is 2. The molecular weight excluding hydrogens is 523 g/mol. The van der Waals surface area contributed by atoms with Gasteiger partial charge in [-0.05, 0) is 24.0 Å². The topological polar surface area (TPSA) is 73.8 Å². The van der Waals surface area contributed by atoms with Gasteiger partial charge in [-0.25, -0.2) is 8.42 Å². The summed E-state index contributed by atoms with van der Waals surface area (Å²) in [6.07, 6.45) is 1.61. The maximum Gasteiger partial charge on any atom is 0.191 e. The van der Waals surface area contributed by atoms with Crippen molar-refractivity contribution in [2.75, 3.05) is 31.6 Å². The van der Waals surface area contributed by atoms with Crippen molar-refractivity contribution in [3.63, 3.8) is 0 Å². The van der Waals surface area contributed by atoms with Crippen molar-refractivity contribution in [2.24, 2.45) is 4.99 Å². The largest absolute Gasteiger partial charge is 0.356 e. The molecule has 6 nitrogen and oxygen atoms in total. The van der Waals surface area contributed by atoms with E-state index in [1.54, 1.807) is 7.05 Å². The van der Waals surface area contributed by atoms with Crippen LogP contribution >= 0.6 is 24.0 Å². The Bertz CT molecular complexity index is 866. The zero-order chi connectivity index (χ0) is 21.2. The molecule has 0 amide bonds. The van der Waals surface area contributed by atoms with Crippen molar-refractivity contribution in [2.45, 2.75) is 32.0 Å². The van der Waals surface area contributed by atoms with Crippen LogP contribution in [0.2, 0.25) is 0 Å². The second-order valence-corrected chi connectivity index (χ2v) is 10.0. The molecule has 2 aromatic carbocycles. The molecule has 0 bridgehead atoms. The normalized spacial score (nSPS) is 17.9. The molecule has 2 N–H and O–H groups in total. The fraction of sp³-hybridized carbons (Fsp3) is 0.435. The molecule has 0 radical (unpaired) electrons. The fourth-order valence-electron chi connectivity index (χ4n) is 3.70. The summed E-state index contributed by atoms with van der Waals surface area (Å²) < 4.78 is 23.3. The van der Waals surface area contributed by atoms with E-state index in [0.29, 0.717) is 12.4 Å². The van der Waals surface area contributed by atoms with Gasteiger partial charge in [0.15, 0.2) is 15.8 Å². The number of sulfone groups is 1. The van der Waals surface area contributed by atoms with Crippen LogP contribution in [0.3, 0.4) is 0 Å². The number of aliphatic imine (C=N–C) groups is 1. The van der Waals surface area contributed by atoms with E-state index in [1.165, 1.54) is 11.1 Å². The SMILES string of the molecule is CN=C(NCCCN(Cc1ccccc1)Cc1ccccc1)NC1CCS(=O)(=O)C1.I. The van der Waals surface area contributed by atoms with Crippen LogP contribution in [-0.2, 0) is 22.9 Å². The molecule has 31 heavy (non-hydrogen) atoms. The van der Waals surface area contributed by atoms with Gasteiger partial charge in [0, 0.05) is 39.3 Å². The third-order valence-corrected chi connectivity index (χ3v) is 7.01. The molecule has 8 heteroatoms. The van der Waals surface area contributed by atoms with E-state index in [0.717, 1.165) is 32.6 Å². The minimum Gasteiger partial charge on any atom is -0.356 e. The Labute approximate surface area is 203 Å². The molecule has 1 heterocycles. The van der Waals surface area contributed by atoms with E-state index in [4.69, 9.17) is 0 Å². The molecule has 0 spiro atoms. The lowest BCUT2D eigenvalue weighted by molar-refractivity contribution is 0.254. The Balaban J connectivity index is 0.00000341. The highest BCUT2D eigenvalue weighted by Crippen LogP contribution is 2.12. The number of rotatable bonds is 9. The molecule has 0 aliphatic carbocycles. The first-order chi connectivity index (χ1) is 14.5. The number of nitrogens with one attached hydrogen (secondary N) is 2. The fourth-order valence-corrected chi connectivity index (χ4v) is 5.38. The molecular formula is C23H33IN4O2S. The van der Waals surface area contributed by atoms with Gasteiger partial charge in [0.1, 0.15) is 0 Å². The van der Waals surface area contributed by atoms with Crippen LogP contribution in [0, 0.1) is 0 Å². The Hall–Kier alpha value is -1.65. The Morgan fingerprint density at radius 3 is 2.10 bits per heavy atom. The van der Waals surface area contributed by atoms with Crippen LogP contribution in [0.15, 0.2) is 65.7 Å². The summed E-state index contributed by atoms with van der Waals surface area (Å²) in [6, 6.07) is 21.0. The first-order valence-corrected chi connectivity index (χ1v) is 12.3. The lowest BCUT2D eigenvalue weighted by atomic mass is 10.1. The lowest BCUT2D eigenvalue weighted by Gasteiger charge is -2.23. The average molecular weight is 557 g/mol. The standard InChI is InChI=1S/C23H32N4O2S.HI/c1-24-23(26-22-13-16-30(28,29)19-22)25-14-8-15-27(17-20-9-4-2-5-10-20)18-21-11-6-3-7-12-21;/h2-7,9-12,22H,8,13-19H2,1H3,(H2,24,25,26);1H. The van der Waals surface area contributed by atoms with Gasteiger partial charge in [-0.2, -0.15) is 0 Å². The zero-order valence-electron chi connectivity index (χ0n) is 18.0. The smallest absolute Gasteiger partial charge is 0.191 e. The maximum absolute atomic E-state index is 11.6.